The maximum absolute atomic E-state index is 12.8. The number of aliphatic imine (C=N–C) groups is 1. The molecule has 2 aromatic rings. The Balaban J connectivity index is 1.82. The first-order chi connectivity index (χ1) is 16.9. The minimum absolute atomic E-state index is 0.115. The first-order valence-electron chi connectivity index (χ1n) is 10.9. The van der Waals surface area contributed by atoms with Gasteiger partial charge in [-0.1, -0.05) is 23.9 Å². The van der Waals surface area contributed by atoms with Gasteiger partial charge in [0.2, 0.25) is 5.91 Å². The van der Waals surface area contributed by atoms with Crippen LogP contribution in [0.5, 0.6) is 17.2 Å². The Morgan fingerprint density at radius 1 is 1.06 bits per heavy atom. The Bertz CT molecular complexity index is 1150. The molecule has 35 heavy (non-hydrogen) atoms. The van der Waals surface area contributed by atoms with Gasteiger partial charge in [-0.3, -0.25) is 4.79 Å². The Kier molecular flexibility index (Phi) is 9.02. The third kappa shape index (κ3) is 6.48. The van der Waals surface area contributed by atoms with Crippen LogP contribution < -0.4 is 24.8 Å². The van der Waals surface area contributed by atoms with Crippen molar-refractivity contribution >= 4 is 34.5 Å². The van der Waals surface area contributed by atoms with E-state index in [4.69, 9.17) is 23.9 Å². The number of carbonyl (C=O) groups excluding carboxylic acids is 2. The van der Waals surface area contributed by atoms with Gasteiger partial charge < -0.3 is 29.6 Å². The number of nitrogens with zero attached hydrogens (tertiary/aromatic N) is 1. The highest BCUT2D eigenvalue weighted by Gasteiger charge is 2.31. The molecule has 0 fully saturated rings. The summed E-state index contributed by atoms with van der Waals surface area (Å²) in [5, 5.41) is 6.48. The van der Waals surface area contributed by atoms with Crippen LogP contribution in [0.2, 0.25) is 0 Å². The number of carbonyl (C=O) groups is 2. The number of hydrogen-bond acceptors (Lipinski definition) is 9. The molecule has 0 aromatic heterocycles. The first kappa shape index (κ1) is 26.0. The number of rotatable bonds is 9. The normalized spacial score (nSPS) is 15.0. The standard InChI is InChI=1S/C25H29N3O6S/c1-6-34-24(30)22-15(2)26-25(28-23(22)16-10-11-19(32-4)20(12-16)33-5)35-14-21(29)27-17-8-7-9-18(13-17)31-3/h7-13,23H,6,14H2,1-5H3,(H,26,28)(H,27,29)/t23-/m1/s1. The Labute approximate surface area is 208 Å². The molecular weight excluding hydrogens is 470 g/mol. The molecule has 1 atom stereocenters. The fraction of sp³-hybridized carbons (Fsp3) is 0.320. The molecule has 1 aliphatic rings. The van der Waals surface area contributed by atoms with Gasteiger partial charge in [0, 0.05) is 17.5 Å². The molecule has 1 amide bonds. The third-order valence-corrected chi connectivity index (χ3v) is 6.02. The van der Waals surface area contributed by atoms with E-state index in [1.807, 2.05) is 6.07 Å². The molecular formula is C25H29N3O6S. The summed E-state index contributed by atoms with van der Waals surface area (Å²) in [4.78, 5) is 30.0. The van der Waals surface area contributed by atoms with Crippen molar-refractivity contribution in [2.45, 2.75) is 19.9 Å². The van der Waals surface area contributed by atoms with Crippen molar-refractivity contribution in [3.63, 3.8) is 0 Å². The maximum atomic E-state index is 12.8. The van der Waals surface area contributed by atoms with Gasteiger partial charge in [-0.15, -0.1) is 0 Å². The zero-order chi connectivity index (χ0) is 25.4. The molecule has 0 unspecified atom stereocenters. The van der Waals surface area contributed by atoms with E-state index >= 15 is 0 Å². The number of esters is 1. The molecule has 9 nitrogen and oxygen atoms in total. The Morgan fingerprint density at radius 3 is 2.51 bits per heavy atom. The van der Waals surface area contributed by atoms with E-state index in [-0.39, 0.29) is 18.3 Å². The van der Waals surface area contributed by atoms with Gasteiger partial charge in [0.25, 0.3) is 0 Å². The number of anilines is 1. The van der Waals surface area contributed by atoms with Crippen molar-refractivity contribution in [3.05, 3.63) is 59.3 Å². The quantitative estimate of drug-likeness (QED) is 0.500. The molecule has 186 valence electrons. The van der Waals surface area contributed by atoms with E-state index in [1.165, 1.54) is 11.8 Å². The number of allylic oxidation sites excluding steroid dienone is 1. The second-order valence-electron chi connectivity index (χ2n) is 7.40. The monoisotopic (exact) mass is 499 g/mol. The minimum Gasteiger partial charge on any atom is -0.497 e. The average molecular weight is 500 g/mol. The molecule has 0 saturated heterocycles. The van der Waals surface area contributed by atoms with Crippen molar-refractivity contribution in [1.82, 2.24) is 5.32 Å². The second-order valence-corrected chi connectivity index (χ2v) is 8.37. The zero-order valence-corrected chi connectivity index (χ0v) is 21.2. The molecule has 1 aliphatic heterocycles. The van der Waals surface area contributed by atoms with Crippen molar-refractivity contribution in [3.8, 4) is 17.2 Å². The molecule has 0 radical (unpaired) electrons. The summed E-state index contributed by atoms with van der Waals surface area (Å²) in [5.74, 6) is 1.19. The zero-order valence-electron chi connectivity index (χ0n) is 20.3. The van der Waals surface area contributed by atoms with Crippen LogP contribution in [-0.4, -0.2) is 50.7 Å². The van der Waals surface area contributed by atoms with E-state index in [0.717, 1.165) is 5.56 Å². The molecule has 2 N–H and O–H groups in total. The molecule has 3 rings (SSSR count). The highest BCUT2D eigenvalue weighted by Crippen LogP contribution is 2.37. The summed E-state index contributed by atoms with van der Waals surface area (Å²) >= 11 is 1.23. The lowest BCUT2D eigenvalue weighted by molar-refractivity contribution is -0.139. The Hall–Kier alpha value is -3.66. The molecule has 1 heterocycles. The summed E-state index contributed by atoms with van der Waals surface area (Å²) in [6.45, 7) is 3.77. The average Bonchev–Trinajstić information content (AvgIpc) is 2.86. The number of amidine groups is 1. The number of thioether (sulfide) groups is 1. The molecule has 0 bridgehead atoms. The van der Waals surface area contributed by atoms with Crippen LogP contribution in [-0.2, 0) is 14.3 Å². The largest absolute Gasteiger partial charge is 0.497 e. The van der Waals surface area contributed by atoms with Crippen molar-refractivity contribution < 1.29 is 28.5 Å². The molecule has 2 aromatic carbocycles. The minimum atomic E-state index is -0.640. The SMILES string of the molecule is CCOC(=O)C1=C(C)NC(SCC(=O)Nc2cccc(OC)c2)=N[C@@H]1c1ccc(OC)c(OC)c1. The number of ether oxygens (including phenoxy) is 4. The van der Waals surface area contributed by atoms with Crippen LogP contribution in [0.15, 0.2) is 58.7 Å². The summed E-state index contributed by atoms with van der Waals surface area (Å²) in [6.07, 6.45) is 0. The van der Waals surface area contributed by atoms with Gasteiger partial charge in [-0.25, -0.2) is 9.79 Å². The third-order valence-electron chi connectivity index (χ3n) is 5.13. The molecule has 10 heteroatoms. The fourth-order valence-corrected chi connectivity index (χ4v) is 4.23. The number of methoxy groups -OCH3 is 3. The summed E-state index contributed by atoms with van der Waals surface area (Å²) in [6, 6.07) is 11.9. The highest BCUT2D eigenvalue weighted by atomic mass is 32.2. The lowest BCUT2D eigenvalue weighted by Crippen LogP contribution is -2.31. The first-order valence-corrected chi connectivity index (χ1v) is 11.9. The van der Waals surface area contributed by atoms with Crippen LogP contribution in [0.1, 0.15) is 25.5 Å². The lowest BCUT2D eigenvalue weighted by atomic mass is 9.96. The van der Waals surface area contributed by atoms with Crippen LogP contribution in [0, 0.1) is 0 Å². The Morgan fingerprint density at radius 2 is 1.83 bits per heavy atom. The summed E-state index contributed by atoms with van der Waals surface area (Å²) < 4.78 is 21.2. The highest BCUT2D eigenvalue weighted by molar-refractivity contribution is 8.14. The van der Waals surface area contributed by atoms with Crippen LogP contribution in [0.25, 0.3) is 0 Å². The smallest absolute Gasteiger partial charge is 0.338 e. The van der Waals surface area contributed by atoms with E-state index in [1.54, 1.807) is 71.6 Å². The van der Waals surface area contributed by atoms with Gasteiger partial charge in [0.15, 0.2) is 16.7 Å². The number of hydrogen-bond donors (Lipinski definition) is 2. The topological polar surface area (TPSA) is 107 Å². The van der Waals surface area contributed by atoms with Gasteiger partial charge >= 0.3 is 5.97 Å². The maximum Gasteiger partial charge on any atom is 0.338 e. The predicted molar refractivity (Wildman–Crippen MR) is 136 cm³/mol. The van der Waals surface area contributed by atoms with Gasteiger partial charge in [0.1, 0.15) is 11.8 Å². The van der Waals surface area contributed by atoms with Crippen molar-refractivity contribution in [2.24, 2.45) is 4.99 Å². The van der Waals surface area contributed by atoms with Gasteiger partial charge in [0.05, 0.1) is 39.3 Å². The summed E-state index contributed by atoms with van der Waals surface area (Å²) in [5.41, 5.74) is 2.36. The number of amides is 1. The van der Waals surface area contributed by atoms with Crippen molar-refractivity contribution in [1.29, 1.82) is 0 Å². The van der Waals surface area contributed by atoms with Crippen LogP contribution in [0.4, 0.5) is 5.69 Å². The van der Waals surface area contributed by atoms with Gasteiger partial charge in [-0.2, -0.15) is 0 Å². The van der Waals surface area contributed by atoms with Crippen LogP contribution in [0.3, 0.4) is 0 Å². The van der Waals surface area contributed by atoms with E-state index in [0.29, 0.717) is 39.4 Å². The molecule has 0 saturated carbocycles. The second kappa shape index (κ2) is 12.2. The van der Waals surface area contributed by atoms with Crippen molar-refractivity contribution in [2.75, 3.05) is 39.0 Å². The van der Waals surface area contributed by atoms with E-state index in [9.17, 15) is 9.59 Å². The fourth-order valence-electron chi connectivity index (χ4n) is 3.49. The molecule has 0 aliphatic carbocycles. The number of nitrogens with one attached hydrogen (secondary N) is 2. The predicted octanol–water partition coefficient (Wildman–Crippen LogP) is 3.92. The van der Waals surface area contributed by atoms with Gasteiger partial charge in [-0.05, 0) is 43.7 Å². The van der Waals surface area contributed by atoms with Crippen LogP contribution >= 0.6 is 11.8 Å². The molecule has 0 spiro atoms. The number of benzene rings is 2. The lowest BCUT2D eigenvalue weighted by Gasteiger charge is -2.26. The van der Waals surface area contributed by atoms with E-state index in [2.05, 4.69) is 10.6 Å². The summed E-state index contributed by atoms with van der Waals surface area (Å²) in [7, 11) is 4.67. The van der Waals surface area contributed by atoms with E-state index < -0.39 is 12.0 Å².